The fourth-order valence-electron chi connectivity index (χ4n) is 0.827. The maximum absolute atomic E-state index is 11.3. The molecule has 1 atom stereocenters. The summed E-state index contributed by atoms with van der Waals surface area (Å²) in [6.45, 7) is 3.77. The second-order valence-corrected chi connectivity index (χ2v) is 3.42. The normalized spacial score (nSPS) is 21.5. The Morgan fingerprint density at radius 3 is 2.64 bits per heavy atom. The Bertz CT molecular complexity index is 210. The third-order valence-electron chi connectivity index (χ3n) is 2.15. The summed E-state index contributed by atoms with van der Waals surface area (Å²) in [5.74, 6) is 2.56. The first-order chi connectivity index (χ1) is 5.08. The van der Waals surface area contributed by atoms with Crippen LogP contribution in [0.2, 0.25) is 0 Å². The smallest absolute Gasteiger partial charge is 0.226 e. The number of terminal acetylenes is 1. The van der Waals surface area contributed by atoms with Gasteiger partial charge in [0.1, 0.15) is 0 Å². The van der Waals surface area contributed by atoms with Crippen LogP contribution in [-0.2, 0) is 4.79 Å². The van der Waals surface area contributed by atoms with Gasteiger partial charge in [0.2, 0.25) is 5.91 Å². The number of carbonyl (C=O) groups excluding carboxylic acids is 1. The van der Waals surface area contributed by atoms with Crippen molar-refractivity contribution >= 4 is 5.91 Å². The molecule has 0 heterocycles. The number of rotatable bonds is 2. The van der Waals surface area contributed by atoms with E-state index in [0.717, 1.165) is 12.8 Å². The second-order valence-electron chi connectivity index (χ2n) is 3.42. The van der Waals surface area contributed by atoms with E-state index in [-0.39, 0.29) is 17.4 Å². The molecule has 1 rings (SSSR count). The zero-order valence-electron chi connectivity index (χ0n) is 6.98. The summed E-state index contributed by atoms with van der Waals surface area (Å²) in [4.78, 5) is 11.3. The van der Waals surface area contributed by atoms with Crippen LogP contribution in [0.15, 0.2) is 0 Å². The lowest BCUT2D eigenvalue weighted by molar-refractivity contribution is -0.126. The Kier molecular flexibility index (Phi) is 1.90. The first kappa shape index (κ1) is 8.13. The van der Waals surface area contributed by atoms with Crippen LogP contribution in [0.3, 0.4) is 0 Å². The van der Waals surface area contributed by atoms with Crippen LogP contribution in [0.5, 0.6) is 0 Å². The van der Waals surface area contributed by atoms with Gasteiger partial charge in [-0.25, -0.2) is 0 Å². The molecule has 1 fully saturated rings. The fourth-order valence-corrected chi connectivity index (χ4v) is 0.827. The Morgan fingerprint density at radius 1 is 1.73 bits per heavy atom. The van der Waals surface area contributed by atoms with Crippen LogP contribution in [0.1, 0.15) is 26.7 Å². The number of amides is 1. The summed E-state index contributed by atoms with van der Waals surface area (Å²) in [6.07, 6.45) is 7.11. The quantitative estimate of drug-likeness (QED) is 0.584. The minimum Gasteiger partial charge on any atom is -0.342 e. The Balaban J connectivity index is 2.39. The third kappa shape index (κ3) is 1.74. The molecule has 0 aromatic heterocycles. The Morgan fingerprint density at radius 2 is 2.27 bits per heavy atom. The van der Waals surface area contributed by atoms with Gasteiger partial charge in [-0.15, -0.1) is 6.42 Å². The molecule has 1 saturated carbocycles. The van der Waals surface area contributed by atoms with Crippen molar-refractivity contribution in [1.29, 1.82) is 0 Å². The molecular formula is C9H13NO. The van der Waals surface area contributed by atoms with Crippen molar-refractivity contribution in [3.8, 4) is 12.3 Å². The molecule has 11 heavy (non-hydrogen) atoms. The molecule has 2 heteroatoms. The average Bonchev–Trinajstić information content (AvgIpc) is 2.69. The SMILES string of the molecule is C#CC(C)NC(=O)C1(C)CC1. The molecule has 1 unspecified atom stereocenters. The van der Waals surface area contributed by atoms with E-state index >= 15 is 0 Å². The van der Waals surface area contributed by atoms with Gasteiger partial charge in [-0.05, 0) is 19.8 Å². The summed E-state index contributed by atoms with van der Waals surface area (Å²) in [6, 6.07) is -0.139. The number of hydrogen-bond donors (Lipinski definition) is 1. The average molecular weight is 151 g/mol. The van der Waals surface area contributed by atoms with Crippen molar-refractivity contribution in [2.45, 2.75) is 32.7 Å². The molecule has 0 aromatic rings. The second kappa shape index (κ2) is 2.58. The van der Waals surface area contributed by atoms with Gasteiger partial charge in [0.25, 0.3) is 0 Å². The van der Waals surface area contributed by atoms with E-state index in [1.807, 2.05) is 13.8 Å². The van der Waals surface area contributed by atoms with Crippen LogP contribution < -0.4 is 5.32 Å². The van der Waals surface area contributed by atoms with Gasteiger partial charge in [0.15, 0.2) is 0 Å². The number of carbonyl (C=O) groups is 1. The predicted molar refractivity (Wildman–Crippen MR) is 43.8 cm³/mol. The lowest BCUT2D eigenvalue weighted by atomic mass is 10.1. The summed E-state index contributed by atoms with van der Waals surface area (Å²) in [7, 11) is 0. The Hall–Kier alpha value is -0.970. The highest BCUT2D eigenvalue weighted by Gasteiger charge is 2.44. The lowest BCUT2D eigenvalue weighted by Gasteiger charge is -2.11. The molecule has 0 saturated heterocycles. The van der Waals surface area contributed by atoms with E-state index in [1.165, 1.54) is 0 Å². The van der Waals surface area contributed by atoms with Gasteiger partial charge in [-0.1, -0.05) is 12.8 Å². The predicted octanol–water partition coefficient (Wildman–Crippen LogP) is 0.924. The standard InChI is InChI=1S/C9H13NO/c1-4-7(2)10-8(11)9(3)5-6-9/h1,7H,5-6H2,2-3H3,(H,10,11). The fraction of sp³-hybridized carbons (Fsp3) is 0.667. The number of nitrogens with one attached hydrogen (secondary N) is 1. The van der Waals surface area contributed by atoms with E-state index in [0.29, 0.717) is 0 Å². The van der Waals surface area contributed by atoms with E-state index < -0.39 is 0 Å². The first-order valence-electron chi connectivity index (χ1n) is 3.85. The maximum Gasteiger partial charge on any atom is 0.226 e. The molecule has 1 N–H and O–H groups in total. The van der Waals surface area contributed by atoms with Crippen molar-refractivity contribution in [1.82, 2.24) is 5.32 Å². The molecule has 0 aliphatic heterocycles. The molecule has 1 amide bonds. The van der Waals surface area contributed by atoms with Crippen LogP contribution in [0, 0.1) is 17.8 Å². The molecule has 2 nitrogen and oxygen atoms in total. The zero-order chi connectivity index (χ0) is 8.48. The van der Waals surface area contributed by atoms with Crippen molar-refractivity contribution in [3.05, 3.63) is 0 Å². The summed E-state index contributed by atoms with van der Waals surface area (Å²) in [5.41, 5.74) is -0.106. The number of hydrogen-bond acceptors (Lipinski definition) is 1. The lowest BCUT2D eigenvalue weighted by Crippen LogP contribution is -2.36. The van der Waals surface area contributed by atoms with E-state index in [1.54, 1.807) is 0 Å². The summed E-state index contributed by atoms with van der Waals surface area (Å²) in [5, 5.41) is 2.76. The third-order valence-corrected chi connectivity index (χ3v) is 2.15. The van der Waals surface area contributed by atoms with E-state index in [4.69, 9.17) is 6.42 Å². The van der Waals surface area contributed by atoms with E-state index in [9.17, 15) is 4.79 Å². The molecule has 0 aromatic carbocycles. The van der Waals surface area contributed by atoms with Crippen molar-refractivity contribution in [2.75, 3.05) is 0 Å². The molecule has 1 aliphatic carbocycles. The topological polar surface area (TPSA) is 29.1 Å². The highest BCUT2D eigenvalue weighted by atomic mass is 16.2. The van der Waals surface area contributed by atoms with Gasteiger partial charge in [0.05, 0.1) is 6.04 Å². The summed E-state index contributed by atoms with van der Waals surface area (Å²) >= 11 is 0. The maximum atomic E-state index is 11.3. The first-order valence-corrected chi connectivity index (χ1v) is 3.85. The van der Waals surface area contributed by atoms with Crippen molar-refractivity contribution in [2.24, 2.45) is 5.41 Å². The molecular weight excluding hydrogens is 138 g/mol. The zero-order valence-corrected chi connectivity index (χ0v) is 6.98. The van der Waals surface area contributed by atoms with Gasteiger partial charge >= 0.3 is 0 Å². The van der Waals surface area contributed by atoms with Gasteiger partial charge < -0.3 is 5.32 Å². The highest BCUT2D eigenvalue weighted by molar-refractivity contribution is 5.85. The van der Waals surface area contributed by atoms with Crippen molar-refractivity contribution < 1.29 is 4.79 Å². The summed E-state index contributed by atoms with van der Waals surface area (Å²) < 4.78 is 0. The Labute approximate surface area is 67.4 Å². The molecule has 0 spiro atoms. The van der Waals surface area contributed by atoms with Crippen LogP contribution in [0.4, 0.5) is 0 Å². The molecule has 60 valence electrons. The van der Waals surface area contributed by atoms with E-state index in [2.05, 4.69) is 11.2 Å². The monoisotopic (exact) mass is 151 g/mol. The van der Waals surface area contributed by atoms with Gasteiger partial charge in [-0.3, -0.25) is 4.79 Å². The van der Waals surface area contributed by atoms with Crippen LogP contribution in [0.25, 0.3) is 0 Å². The molecule has 0 radical (unpaired) electrons. The minimum absolute atomic E-state index is 0.1000. The van der Waals surface area contributed by atoms with Crippen LogP contribution in [-0.4, -0.2) is 11.9 Å². The highest BCUT2D eigenvalue weighted by Crippen LogP contribution is 2.44. The van der Waals surface area contributed by atoms with Crippen molar-refractivity contribution in [3.63, 3.8) is 0 Å². The minimum atomic E-state index is -0.139. The van der Waals surface area contributed by atoms with Gasteiger partial charge in [0, 0.05) is 5.41 Å². The van der Waals surface area contributed by atoms with Gasteiger partial charge in [-0.2, -0.15) is 0 Å². The molecule has 1 aliphatic rings. The molecule has 0 bridgehead atoms. The largest absolute Gasteiger partial charge is 0.342 e. The van der Waals surface area contributed by atoms with Crippen LogP contribution >= 0.6 is 0 Å².